The summed E-state index contributed by atoms with van der Waals surface area (Å²) in [4.78, 5) is 118. The van der Waals surface area contributed by atoms with Gasteiger partial charge in [-0.15, -0.1) is 0 Å². The monoisotopic (exact) mass is 852 g/mol. The highest BCUT2D eigenvalue weighted by Gasteiger charge is 2.37. The van der Waals surface area contributed by atoms with Crippen molar-refractivity contribution < 1.29 is 58.5 Å². The zero-order valence-corrected chi connectivity index (χ0v) is 35.7. The largest absolute Gasteiger partial charge is 0.508 e. The van der Waals surface area contributed by atoms with Gasteiger partial charge in [-0.25, -0.2) is 0 Å². The number of hydrogen-bond donors (Lipinski definition) is 9. The summed E-state index contributed by atoms with van der Waals surface area (Å²) in [5, 5.41) is 44.4. The summed E-state index contributed by atoms with van der Waals surface area (Å²) in [6.45, 7) is 11.4. The van der Waals surface area contributed by atoms with Crippen LogP contribution in [-0.4, -0.2) is 111 Å². The highest BCUT2D eigenvalue weighted by Crippen LogP contribution is 2.21. The van der Waals surface area contributed by atoms with Gasteiger partial charge in [-0.1, -0.05) is 84.0 Å². The molecule has 2 rings (SSSR count). The molecule has 6 atom stereocenters. The Bertz CT molecular complexity index is 1860. The molecule has 0 fully saturated rings. The Hall–Kier alpha value is -6.17. The number of amides is 5. The van der Waals surface area contributed by atoms with Crippen LogP contribution in [0.2, 0.25) is 0 Å². The molecule has 0 bridgehead atoms. The number of Topliss-reactive ketones (excluding diaryl/α,β-unsaturated/α-hetero) is 2. The Morgan fingerprint density at radius 1 is 0.590 bits per heavy atom. The smallest absolute Gasteiger partial charge is 0.305 e. The molecule has 18 heteroatoms. The quantitative estimate of drug-likeness (QED) is 0.0682. The van der Waals surface area contributed by atoms with Crippen molar-refractivity contribution in [2.45, 2.75) is 136 Å². The van der Waals surface area contributed by atoms with Gasteiger partial charge in [-0.3, -0.25) is 43.2 Å². The highest BCUT2D eigenvalue weighted by atomic mass is 16.4. The average molecular weight is 853 g/mol. The Balaban J connectivity index is 2.53. The van der Waals surface area contributed by atoms with E-state index in [1.54, 1.807) is 71.9 Å². The van der Waals surface area contributed by atoms with E-state index in [0.29, 0.717) is 11.1 Å². The summed E-state index contributed by atoms with van der Waals surface area (Å²) in [5.41, 5.74) is 0.227. The predicted octanol–water partition coefficient (Wildman–Crippen LogP) is 1.31. The standard InChI is InChI=1S/C43H60N6O12/c1-8-34(52)37(43(5,6)7)49-42(61)33(23-36(55)56)48-41(60)32(22-27-14-16-28(51)17-15-27)47-40(59)31(21-26-12-10-9-11-13-26)46-39(58)30(20-25(4)50)45-38(57)29(44-24(2)3)18-19-35(53)54/h9-17,24,29-33,37,44,51H,8,18-23H2,1-7H3,(H,45,57)(H,46,58)(H,47,59)(H,48,60)(H,49,61)(H,53,54)(H,55,56)/t29-,30-,31-,32-,33-,37+/m0/s1. The molecule has 0 heterocycles. The topological polar surface area (TPSA) is 286 Å². The average Bonchev–Trinajstić information content (AvgIpc) is 3.17. The first-order valence-electron chi connectivity index (χ1n) is 20.1. The van der Waals surface area contributed by atoms with Crippen molar-refractivity contribution >= 4 is 53.0 Å². The molecule has 2 aromatic carbocycles. The van der Waals surface area contributed by atoms with Crippen LogP contribution in [0.5, 0.6) is 5.75 Å². The molecule has 0 aliphatic heterocycles. The van der Waals surface area contributed by atoms with Crippen LogP contribution in [0.3, 0.4) is 0 Å². The molecule has 0 radical (unpaired) electrons. The molecular formula is C43H60N6O12. The maximum absolute atomic E-state index is 14.3. The van der Waals surface area contributed by atoms with Gasteiger partial charge in [0.2, 0.25) is 29.5 Å². The molecule has 2 aromatic rings. The van der Waals surface area contributed by atoms with Crippen LogP contribution in [0, 0.1) is 5.41 Å². The second-order valence-corrected chi connectivity index (χ2v) is 16.2. The van der Waals surface area contributed by atoms with E-state index in [2.05, 4.69) is 31.9 Å². The number of aliphatic carboxylic acids is 2. The van der Waals surface area contributed by atoms with E-state index in [9.17, 15) is 58.5 Å². The summed E-state index contributed by atoms with van der Waals surface area (Å²) >= 11 is 0. The fourth-order valence-corrected chi connectivity index (χ4v) is 6.29. The number of phenolic OH excluding ortho intramolecular Hbond substituents is 1. The Morgan fingerprint density at radius 2 is 1.03 bits per heavy atom. The Morgan fingerprint density at radius 3 is 1.48 bits per heavy atom. The molecule has 0 saturated heterocycles. The van der Waals surface area contributed by atoms with Gasteiger partial charge in [-0.2, -0.15) is 0 Å². The van der Waals surface area contributed by atoms with Gasteiger partial charge in [-0.05, 0) is 42.0 Å². The van der Waals surface area contributed by atoms with Crippen LogP contribution in [0.4, 0.5) is 0 Å². The van der Waals surface area contributed by atoms with Crippen molar-refractivity contribution in [1.29, 1.82) is 0 Å². The zero-order valence-electron chi connectivity index (χ0n) is 35.7. The van der Waals surface area contributed by atoms with Crippen molar-refractivity contribution in [1.82, 2.24) is 31.9 Å². The van der Waals surface area contributed by atoms with E-state index in [4.69, 9.17) is 0 Å². The van der Waals surface area contributed by atoms with E-state index < -0.39 is 102 Å². The first-order valence-corrected chi connectivity index (χ1v) is 20.1. The SMILES string of the molecule is CCC(=O)[C@@H](NC(=O)[C@H](CC(=O)O)NC(=O)[C@H](Cc1ccc(O)cc1)NC(=O)[C@H](Cc1ccccc1)NC(=O)[C@H](CC(C)=O)NC(=O)[C@H](CCC(=O)O)NC(C)C)C(C)(C)C. The maximum atomic E-state index is 14.3. The third-order valence-electron chi connectivity index (χ3n) is 9.38. The summed E-state index contributed by atoms with van der Waals surface area (Å²) in [5.74, 6) is -8.03. The number of nitrogens with one attached hydrogen (secondary N) is 6. The number of rotatable bonds is 25. The van der Waals surface area contributed by atoms with E-state index in [-0.39, 0.29) is 49.7 Å². The molecule has 0 saturated carbocycles. The van der Waals surface area contributed by atoms with E-state index >= 15 is 0 Å². The number of benzene rings is 2. The molecule has 61 heavy (non-hydrogen) atoms. The second-order valence-electron chi connectivity index (χ2n) is 16.2. The van der Waals surface area contributed by atoms with E-state index in [1.165, 1.54) is 31.2 Å². The summed E-state index contributed by atoms with van der Waals surface area (Å²) in [6.07, 6.45) is -2.17. The predicted molar refractivity (Wildman–Crippen MR) is 223 cm³/mol. The Labute approximate surface area is 355 Å². The van der Waals surface area contributed by atoms with Gasteiger partial charge in [0.1, 0.15) is 35.7 Å². The minimum atomic E-state index is -1.70. The van der Waals surface area contributed by atoms with Crippen molar-refractivity contribution in [2.75, 3.05) is 0 Å². The number of ketones is 2. The summed E-state index contributed by atoms with van der Waals surface area (Å²) < 4.78 is 0. The lowest BCUT2D eigenvalue weighted by atomic mass is 9.83. The molecule has 5 amide bonds. The number of aromatic hydroxyl groups is 1. The highest BCUT2D eigenvalue weighted by molar-refractivity contribution is 5.99. The van der Waals surface area contributed by atoms with Gasteiger partial charge < -0.3 is 47.2 Å². The molecule has 0 aliphatic rings. The lowest BCUT2D eigenvalue weighted by molar-refractivity contribution is -0.142. The van der Waals surface area contributed by atoms with Gasteiger partial charge in [0.05, 0.1) is 18.5 Å². The van der Waals surface area contributed by atoms with Crippen LogP contribution in [-0.2, 0) is 56.0 Å². The first kappa shape index (κ1) is 51.0. The number of carbonyl (C=O) groups is 9. The van der Waals surface area contributed by atoms with Crippen molar-refractivity contribution in [3.05, 3.63) is 65.7 Å². The fraction of sp³-hybridized carbons (Fsp3) is 0.512. The molecule has 0 aromatic heterocycles. The minimum absolute atomic E-state index is 0.0735. The number of hydrogen-bond acceptors (Lipinski definition) is 11. The van der Waals surface area contributed by atoms with Crippen LogP contribution < -0.4 is 31.9 Å². The van der Waals surface area contributed by atoms with Gasteiger partial charge >= 0.3 is 11.9 Å². The normalized spacial score (nSPS) is 14.2. The number of phenols is 1. The van der Waals surface area contributed by atoms with E-state index in [0.717, 1.165) is 0 Å². The van der Waals surface area contributed by atoms with Gasteiger partial charge in [0.15, 0.2) is 5.78 Å². The molecule has 334 valence electrons. The van der Waals surface area contributed by atoms with Crippen LogP contribution in [0.15, 0.2) is 54.6 Å². The summed E-state index contributed by atoms with van der Waals surface area (Å²) in [6, 6.07) is 5.62. The minimum Gasteiger partial charge on any atom is -0.508 e. The third kappa shape index (κ3) is 18.3. The lowest BCUT2D eigenvalue weighted by Crippen LogP contribution is -2.61. The van der Waals surface area contributed by atoms with E-state index in [1.807, 2.05) is 0 Å². The summed E-state index contributed by atoms with van der Waals surface area (Å²) in [7, 11) is 0. The first-order chi connectivity index (χ1) is 28.5. The third-order valence-corrected chi connectivity index (χ3v) is 9.38. The number of carbonyl (C=O) groups excluding carboxylic acids is 7. The second kappa shape index (κ2) is 24.2. The van der Waals surface area contributed by atoms with Gasteiger partial charge in [0.25, 0.3) is 0 Å². The van der Waals surface area contributed by atoms with Crippen LogP contribution in [0.1, 0.15) is 91.7 Å². The zero-order chi connectivity index (χ0) is 46.0. The maximum Gasteiger partial charge on any atom is 0.305 e. The molecule has 0 unspecified atom stereocenters. The molecule has 9 N–H and O–H groups in total. The van der Waals surface area contributed by atoms with Crippen LogP contribution in [0.25, 0.3) is 0 Å². The van der Waals surface area contributed by atoms with Crippen molar-refractivity contribution in [3.63, 3.8) is 0 Å². The van der Waals surface area contributed by atoms with Crippen LogP contribution >= 0.6 is 0 Å². The lowest BCUT2D eigenvalue weighted by Gasteiger charge is -2.32. The molecule has 0 spiro atoms. The van der Waals surface area contributed by atoms with Gasteiger partial charge in [0, 0.05) is 38.1 Å². The molecular weight excluding hydrogens is 793 g/mol. The molecule has 0 aliphatic carbocycles. The van der Waals surface area contributed by atoms with Crippen molar-refractivity contribution in [3.8, 4) is 5.75 Å². The number of carboxylic acids is 2. The Kier molecular flexibility index (Phi) is 20.2. The fourth-order valence-electron chi connectivity index (χ4n) is 6.29. The van der Waals surface area contributed by atoms with Crippen molar-refractivity contribution in [2.24, 2.45) is 5.41 Å². The molecule has 18 nitrogen and oxygen atoms in total. The number of carboxylic acid groups (broad SMARTS) is 2.